The SMILES string of the molecule is CC(C)C(CNC(C)(C)C)Cc1cncc(Br)c1. The molecule has 2 nitrogen and oxygen atoms in total. The summed E-state index contributed by atoms with van der Waals surface area (Å²) in [5, 5.41) is 3.61. The van der Waals surface area contributed by atoms with Gasteiger partial charge in [0, 0.05) is 22.4 Å². The van der Waals surface area contributed by atoms with E-state index in [0.29, 0.717) is 11.8 Å². The predicted molar refractivity (Wildman–Crippen MR) is 81.7 cm³/mol. The van der Waals surface area contributed by atoms with Crippen molar-refractivity contribution in [2.45, 2.75) is 46.6 Å². The van der Waals surface area contributed by atoms with Crippen LogP contribution < -0.4 is 5.32 Å². The molecule has 1 aromatic heterocycles. The van der Waals surface area contributed by atoms with Gasteiger partial charge in [0.05, 0.1) is 0 Å². The Kier molecular flexibility index (Phi) is 5.80. The molecule has 102 valence electrons. The monoisotopic (exact) mass is 312 g/mol. The summed E-state index contributed by atoms with van der Waals surface area (Å²) in [7, 11) is 0. The average Bonchev–Trinajstić information content (AvgIpc) is 2.22. The number of halogens is 1. The van der Waals surface area contributed by atoms with Gasteiger partial charge in [0.25, 0.3) is 0 Å². The molecule has 1 atom stereocenters. The Hall–Kier alpha value is -0.410. The summed E-state index contributed by atoms with van der Waals surface area (Å²) in [4.78, 5) is 4.24. The van der Waals surface area contributed by atoms with Crippen LogP contribution in [0.5, 0.6) is 0 Å². The first kappa shape index (κ1) is 15.6. The maximum atomic E-state index is 4.24. The van der Waals surface area contributed by atoms with E-state index in [1.165, 1.54) is 5.56 Å². The number of nitrogens with zero attached hydrogens (tertiary/aromatic N) is 1. The molecule has 0 spiro atoms. The first-order chi connectivity index (χ1) is 8.28. The minimum absolute atomic E-state index is 0.183. The van der Waals surface area contributed by atoms with Crippen molar-refractivity contribution in [3.8, 4) is 0 Å². The molecule has 0 radical (unpaired) electrons. The summed E-state index contributed by atoms with van der Waals surface area (Å²) in [6.45, 7) is 12.3. The van der Waals surface area contributed by atoms with Crippen LogP contribution in [0.15, 0.2) is 22.9 Å². The molecule has 0 bridgehead atoms. The molecule has 18 heavy (non-hydrogen) atoms. The van der Waals surface area contributed by atoms with Crippen molar-refractivity contribution in [3.05, 3.63) is 28.5 Å². The second-order valence-electron chi connectivity index (χ2n) is 6.35. The van der Waals surface area contributed by atoms with Crippen molar-refractivity contribution in [3.63, 3.8) is 0 Å². The lowest BCUT2D eigenvalue weighted by atomic mass is 9.89. The maximum Gasteiger partial charge on any atom is 0.0410 e. The lowest BCUT2D eigenvalue weighted by Gasteiger charge is -2.27. The summed E-state index contributed by atoms with van der Waals surface area (Å²) >= 11 is 3.48. The van der Waals surface area contributed by atoms with Crippen LogP contribution in [-0.4, -0.2) is 17.1 Å². The van der Waals surface area contributed by atoms with Gasteiger partial charge in [-0.3, -0.25) is 4.98 Å². The molecule has 0 saturated heterocycles. The van der Waals surface area contributed by atoms with E-state index in [1.54, 1.807) is 0 Å². The first-order valence-electron chi connectivity index (χ1n) is 6.62. The van der Waals surface area contributed by atoms with Crippen LogP contribution in [-0.2, 0) is 6.42 Å². The molecule has 0 amide bonds. The van der Waals surface area contributed by atoms with Crippen molar-refractivity contribution in [1.29, 1.82) is 0 Å². The van der Waals surface area contributed by atoms with Gasteiger partial charge in [0.15, 0.2) is 0 Å². The Morgan fingerprint density at radius 3 is 2.44 bits per heavy atom. The molecule has 0 fully saturated rings. The van der Waals surface area contributed by atoms with Crippen molar-refractivity contribution >= 4 is 15.9 Å². The number of hydrogen-bond acceptors (Lipinski definition) is 2. The predicted octanol–water partition coefficient (Wildman–Crippen LogP) is 4.05. The highest BCUT2D eigenvalue weighted by Crippen LogP contribution is 2.19. The van der Waals surface area contributed by atoms with Gasteiger partial charge in [-0.05, 0) is 73.1 Å². The highest BCUT2D eigenvalue weighted by atomic mass is 79.9. The minimum atomic E-state index is 0.183. The topological polar surface area (TPSA) is 24.9 Å². The maximum absolute atomic E-state index is 4.24. The largest absolute Gasteiger partial charge is 0.312 e. The van der Waals surface area contributed by atoms with Crippen molar-refractivity contribution < 1.29 is 0 Å². The smallest absolute Gasteiger partial charge is 0.0410 e. The molecule has 0 aromatic carbocycles. The van der Waals surface area contributed by atoms with E-state index in [1.807, 2.05) is 12.4 Å². The molecule has 1 heterocycles. The number of nitrogens with one attached hydrogen (secondary N) is 1. The van der Waals surface area contributed by atoms with Gasteiger partial charge in [0.1, 0.15) is 0 Å². The molecular formula is C15H25BrN2. The highest BCUT2D eigenvalue weighted by Gasteiger charge is 2.17. The van der Waals surface area contributed by atoms with Gasteiger partial charge in [0.2, 0.25) is 0 Å². The van der Waals surface area contributed by atoms with Crippen LogP contribution in [0, 0.1) is 11.8 Å². The zero-order chi connectivity index (χ0) is 13.8. The Morgan fingerprint density at radius 1 is 1.28 bits per heavy atom. The van der Waals surface area contributed by atoms with E-state index >= 15 is 0 Å². The zero-order valence-electron chi connectivity index (χ0n) is 12.1. The summed E-state index contributed by atoms with van der Waals surface area (Å²) in [5.74, 6) is 1.30. The Morgan fingerprint density at radius 2 is 1.94 bits per heavy atom. The standard InChI is InChI=1S/C15H25BrN2/c1-11(2)13(9-18-15(3,4)5)6-12-7-14(16)10-17-8-12/h7-8,10-11,13,18H,6,9H2,1-5H3. The fourth-order valence-corrected chi connectivity index (χ4v) is 2.26. The summed E-state index contributed by atoms with van der Waals surface area (Å²) in [6.07, 6.45) is 4.88. The van der Waals surface area contributed by atoms with Gasteiger partial charge < -0.3 is 5.32 Å². The van der Waals surface area contributed by atoms with Crippen molar-refractivity contribution in [2.75, 3.05) is 6.54 Å². The van der Waals surface area contributed by atoms with E-state index < -0.39 is 0 Å². The van der Waals surface area contributed by atoms with Crippen LogP contribution in [0.25, 0.3) is 0 Å². The second-order valence-corrected chi connectivity index (χ2v) is 7.27. The Labute approximate surface area is 120 Å². The molecule has 0 aliphatic heterocycles. The average molecular weight is 313 g/mol. The Balaban J connectivity index is 2.63. The molecule has 1 rings (SSSR count). The van der Waals surface area contributed by atoms with Crippen molar-refractivity contribution in [1.82, 2.24) is 10.3 Å². The van der Waals surface area contributed by atoms with E-state index in [4.69, 9.17) is 0 Å². The Bertz CT molecular complexity index is 369. The normalized spacial score (nSPS) is 13.9. The van der Waals surface area contributed by atoms with E-state index in [2.05, 4.69) is 66.9 Å². The van der Waals surface area contributed by atoms with E-state index in [9.17, 15) is 0 Å². The fourth-order valence-electron chi connectivity index (χ4n) is 1.85. The summed E-state index contributed by atoms with van der Waals surface area (Å²) in [6, 6.07) is 2.17. The number of aromatic nitrogens is 1. The van der Waals surface area contributed by atoms with Crippen LogP contribution in [0.1, 0.15) is 40.2 Å². The second kappa shape index (κ2) is 6.67. The third-order valence-electron chi connectivity index (χ3n) is 3.10. The summed E-state index contributed by atoms with van der Waals surface area (Å²) < 4.78 is 1.06. The van der Waals surface area contributed by atoms with Crippen molar-refractivity contribution in [2.24, 2.45) is 11.8 Å². The molecule has 1 unspecified atom stereocenters. The molecule has 0 saturated carbocycles. The van der Waals surface area contributed by atoms with Gasteiger partial charge in [-0.15, -0.1) is 0 Å². The minimum Gasteiger partial charge on any atom is -0.312 e. The van der Waals surface area contributed by atoms with Gasteiger partial charge in [-0.1, -0.05) is 13.8 Å². The molecule has 0 aliphatic carbocycles. The zero-order valence-corrected chi connectivity index (χ0v) is 13.7. The van der Waals surface area contributed by atoms with Crippen LogP contribution >= 0.6 is 15.9 Å². The lowest BCUT2D eigenvalue weighted by Crippen LogP contribution is -2.40. The van der Waals surface area contributed by atoms with E-state index in [-0.39, 0.29) is 5.54 Å². The number of pyridine rings is 1. The number of rotatable bonds is 5. The summed E-state index contributed by atoms with van der Waals surface area (Å²) in [5.41, 5.74) is 1.49. The van der Waals surface area contributed by atoms with Gasteiger partial charge in [-0.2, -0.15) is 0 Å². The van der Waals surface area contributed by atoms with E-state index in [0.717, 1.165) is 17.4 Å². The highest BCUT2D eigenvalue weighted by molar-refractivity contribution is 9.10. The molecule has 0 aliphatic rings. The first-order valence-corrected chi connectivity index (χ1v) is 7.41. The third-order valence-corrected chi connectivity index (χ3v) is 3.53. The van der Waals surface area contributed by atoms with Crippen LogP contribution in [0.3, 0.4) is 0 Å². The van der Waals surface area contributed by atoms with Gasteiger partial charge >= 0.3 is 0 Å². The quantitative estimate of drug-likeness (QED) is 0.887. The lowest BCUT2D eigenvalue weighted by molar-refractivity contribution is 0.312. The fraction of sp³-hybridized carbons (Fsp3) is 0.667. The third kappa shape index (κ3) is 5.96. The molecule has 3 heteroatoms. The van der Waals surface area contributed by atoms with Crippen LogP contribution in [0.4, 0.5) is 0 Å². The van der Waals surface area contributed by atoms with Crippen LogP contribution in [0.2, 0.25) is 0 Å². The molecule has 1 N–H and O–H groups in total. The molecular weight excluding hydrogens is 288 g/mol. The molecule has 1 aromatic rings. The number of hydrogen-bond donors (Lipinski definition) is 1. The van der Waals surface area contributed by atoms with Gasteiger partial charge in [-0.25, -0.2) is 0 Å².